The Bertz CT molecular complexity index is 3460. The van der Waals surface area contributed by atoms with Gasteiger partial charge in [-0.3, -0.25) is 19.9 Å². The Morgan fingerprint density at radius 2 is 0.672 bits per heavy atom. The van der Waals surface area contributed by atoms with Crippen LogP contribution in [0.2, 0.25) is 0 Å². The first-order valence-corrected chi connectivity index (χ1v) is 18.8. The second-order valence-electron chi connectivity index (χ2n) is 14.1. The van der Waals surface area contributed by atoms with E-state index in [2.05, 4.69) is 113 Å². The zero-order chi connectivity index (χ0) is 38.2. The highest BCUT2D eigenvalue weighted by Crippen LogP contribution is 2.39. The van der Waals surface area contributed by atoms with E-state index in [9.17, 15) is 0 Å². The van der Waals surface area contributed by atoms with Gasteiger partial charge in [0.05, 0.1) is 22.1 Å². The van der Waals surface area contributed by atoms with Crippen molar-refractivity contribution in [3.05, 3.63) is 159 Å². The molecule has 58 heavy (non-hydrogen) atoms. The molecule has 268 valence electrons. The summed E-state index contributed by atoms with van der Waals surface area (Å²) in [5.41, 5.74) is 6.84. The third-order valence-electron chi connectivity index (χ3n) is 10.9. The minimum absolute atomic E-state index is 0.572. The van der Waals surface area contributed by atoms with E-state index in [1.807, 2.05) is 48.5 Å². The lowest BCUT2D eigenvalue weighted by molar-refractivity contribution is 1.07. The van der Waals surface area contributed by atoms with Gasteiger partial charge in [0.15, 0.2) is 23.3 Å². The molecule has 0 radical (unpaired) electrons. The number of aromatic nitrogens is 10. The van der Waals surface area contributed by atoms with Gasteiger partial charge in [0.2, 0.25) is 0 Å². The van der Waals surface area contributed by atoms with Gasteiger partial charge in [-0.2, -0.15) is 0 Å². The highest BCUT2D eigenvalue weighted by molar-refractivity contribution is 6.26. The zero-order valence-electron chi connectivity index (χ0n) is 30.5. The summed E-state index contributed by atoms with van der Waals surface area (Å²) in [7, 11) is 0. The molecule has 0 fully saturated rings. The quantitative estimate of drug-likeness (QED) is 0.161. The van der Waals surface area contributed by atoms with Crippen molar-refractivity contribution >= 4 is 75.9 Å². The molecule has 0 aliphatic rings. The van der Waals surface area contributed by atoms with Crippen molar-refractivity contribution in [3.63, 3.8) is 0 Å². The summed E-state index contributed by atoms with van der Waals surface area (Å²) >= 11 is 0. The fraction of sp³-hybridized carbons (Fsp3) is 0. The minimum atomic E-state index is 0.572. The van der Waals surface area contributed by atoms with Crippen molar-refractivity contribution in [2.45, 2.75) is 0 Å². The van der Waals surface area contributed by atoms with Gasteiger partial charge in [-0.05, 0) is 80.8 Å². The standard InChI is InChI=1S/C48H26N10/c1-2-10-32-31(9-1)33-15-13-29(45-53-25-55-47(57-45)39-21-27-7-3-17-49-41(27)43-35(39)11-5-19-51-43)24-38(33)34-16-14-30(23-37(32)34)46-54-26-56-48(58-46)40-22-28-8-4-18-50-42(28)44-36(40)12-6-20-52-44/h1-26H. The number of benzene rings is 6. The maximum Gasteiger partial charge on any atom is 0.164 e. The molecule has 0 bridgehead atoms. The van der Waals surface area contributed by atoms with Gasteiger partial charge in [-0.25, -0.2) is 29.9 Å². The van der Waals surface area contributed by atoms with Crippen LogP contribution in [0.15, 0.2) is 159 Å². The van der Waals surface area contributed by atoms with Crippen molar-refractivity contribution in [2.24, 2.45) is 0 Å². The smallest absolute Gasteiger partial charge is 0.164 e. The van der Waals surface area contributed by atoms with Gasteiger partial charge < -0.3 is 0 Å². The van der Waals surface area contributed by atoms with Gasteiger partial charge >= 0.3 is 0 Å². The van der Waals surface area contributed by atoms with Crippen molar-refractivity contribution in [3.8, 4) is 45.6 Å². The molecule has 12 aromatic rings. The third kappa shape index (κ3) is 4.98. The molecule has 0 unspecified atom stereocenters. The maximum absolute atomic E-state index is 5.04. The number of hydrogen-bond acceptors (Lipinski definition) is 10. The molecule has 10 heteroatoms. The predicted octanol–water partition coefficient (Wildman–Crippen LogP) is 10.4. The first-order valence-electron chi connectivity index (χ1n) is 18.8. The van der Waals surface area contributed by atoms with Crippen LogP contribution in [0.1, 0.15) is 0 Å². The monoisotopic (exact) mass is 742 g/mol. The van der Waals surface area contributed by atoms with Gasteiger partial charge in [0, 0.05) is 68.6 Å². The molecule has 0 N–H and O–H groups in total. The molecule has 6 aromatic heterocycles. The molecule has 10 nitrogen and oxygen atoms in total. The van der Waals surface area contributed by atoms with Gasteiger partial charge in [0.1, 0.15) is 12.7 Å². The van der Waals surface area contributed by atoms with Crippen LogP contribution < -0.4 is 0 Å². The Labute approximate surface area is 329 Å². The first-order chi connectivity index (χ1) is 28.7. The fourth-order valence-corrected chi connectivity index (χ4v) is 8.29. The van der Waals surface area contributed by atoms with Crippen LogP contribution in [-0.4, -0.2) is 49.8 Å². The molecule has 0 aliphatic carbocycles. The van der Waals surface area contributed by atoms with Crippen molar-refractivity contribution in [1.29, 1.82) is 0 Å². The van der Waals surface area contributed by atoms with E-state index in [4.69, 9.17) is 9.97 Å². The normalized spacial score (nSPS) is 11.8. The molecule has 6 heterocycles. The van der Waals surface area contributed by atoms with Crippen LogP contribution in [0, 0.1) is 0 Å². The van der Waals surface area contributed by atoms with E-state index in [-0.39, 0.29) is 0 Å². The van der Waals surface area contributed by atoms with E-state index in [1.165, 1.54) is 0 Å². The SMILES string of the molecule is c1cnc2c(c1)cc(-c1ncnc(-c3ccc4c(c3)c3ccccc3c3ccc(-c5ncnc(-c6cc7cccnc7c7ncccc67)n5)cc34)n1)c1cccnc12. The lowest BCUT2D eigenvalue weighted by atomic mass is 9.92. The molecule has 0 atom stereocenters. The summed E-state index contributed by atoms with van der Waals surface area (Å²) in [5, 5.41) is 10.5. The minimum Gasteiger partial charge on any atom is -0.254 e. The molecule has 0 saturated carbocycles. The molecular formula is C48H26N10. The summed E-state index contributed by atoms with van der Waals surface area (Å²) in [6, 6.07) is 41.4. The predicted molar refractivity (Wildman–Crippen MR) is 229 cm³/mol. The largest absolute Gasteiger partial charge is 0.254 e. The zero-order valence-corrected chi connectivity index (χ0v) is 30.5. The Morgan fingerprint density at radius 1 is 0.276 bits per heavy atom. The summed E-state index contributed by atoms with van der Waals surface area (Å²) in [5.74, 6) is 2.31. The molecule has 0 saturated heterocycles. The average molecular weight is 743 g/mol. The van der Waals surface area contributed by atoms with E-state index < -0.39 is 0 Å². The number of fused-ring (bicyclic) bond motifs is 12. The molecule has 0 aliphatic heterocycles. The lowest BCUT2D eigenvalue weighted by Gasteiger charge is -2.13. The van der Waals surface area contributed by atoms with Crippen molar-refractivity contribution < 1.29 is 0 Å². The molecule has 12 rings (SSSR count). The second kappa shape index (κ2) is 12.7. The Kier molecular flexibility index (Phi) is 6.99. The lowest BCUT2D eigenvalue weighted by Crippen LogP contribution is -1.97. The summed E-state index contributed by atoms with van der Waals surface area (Å²) < 4.78 is 0. The molecular weight excluding hydrogens is 717 g/mol. The van der Waals surface area contributed by atoms with Crippen molar-refractivity contribution in [2.75, 3.05) is 0 Å². The molecule has 0 amide bonds. The number of nitrogens with zero attached hydrogens (tertiary/aromatic N) is 10. The summed E-state index contributed by atoms with van der Waals surface area (Å²) in [6.07, 6.45) is 10.3. The average Bonchev–Trinajstić information content (AvgIpc) is 3.31. The Balaban J connectivity index is 1.00. The van der Waals surface area contributed by atoms with Crippen LogP contribution in [0.3, 0.4) is 0 Å². The van der Waals surface area contributed by atoms with E-state index in [1.54, 1.807) is 37.4 Å². The van der Waals surface area contributed by atoms with Gasteiger partial charge in [0.25, 0.3) is 0 Å². The Morgan fingerprint density at radius 3 is 1.19 bits per heavy atom. The van der Waals surface area contributed by atoms with Crippen LogP contribution in [-0.2, 0) is 0 Å². The van der Waals surface area contributed by atoms with Crippen LogP contribution in [0.5, 0.6) is 0 Å². The van der Waals surface area contributed by atoms with Crippen molar-refractivity contribution in [1.82, 2.24) is 49.8 Å². The molecule has 6 aromatic carbocycles. The van der Waals surface area contributed by atoms with E-state index in [0.29, 0.717) is 23.3 Å². The summed E-state index contributed by atoms with van der Waals surface area (Å²) in [6.45, 7) is 0. The number of hydrogen-bond donors (Lipinski definition) is 0. The van der Waals surface area contributed by atoms with Gasteiger partial charge in [-0.1, -0.05) is 72.8 Å². The van der Waals surface area contributed by atoms with Crippen LogP contribution in [0.25, 0.3) is 121 Å². The topological polar surface area (TPSA) is 129 Å². The fourth-order valence-electron chi connectivity index (χ4n) is 8.29. The van der Waals surface area contributed by atoms with E-state index >= 15 is 0 Å². The highest BCUT2D eigenvalue weighted by atomic mass is 15.0. The van der Waals surface area contributed by atoms with Gasteiger partial charge in [-0.15, -0.1) is 0 Å². The number of pyridine rings is 4. The molecule has 0 spiro atoms. The Hall–Kier alpha value is -8.24. The third-order valence-corrected chi connectivity index (χ3v) is 10.9. The first kappa shape index (κ1) is 32.0. The maximum atomic E-state index is 5.04. The second-order valence-corrected chi connectivity index (χ2v) is 14.1. The number of rotatable bonds is 4. The summed E-state index contributed by atoms with van der Waals surface area (Å²) in [4.78, 5) is 47.3. The van der Waals surface area contributed by atoms with Crippen LogP contribution in [0.4, 0.5) is 0 Å². The van der Waals surface area contributed by atoms with Crippen LogP contribution >= 0.6 is 0 Å². The van der Waals surface area contributed by atoms with E-state index in [0.717, 1.165) is 98.2 Å². The highest BCUT2D eigenvalue weighted by Gasteiger charge is 2.18.